The molecular weight excluding hydrogens is 330 g/mol. The van der Waals surface area contributed by atoms with Gasteiger partial charge in [-0.15, -0.1) is 0 Å². The normalized spacial score (nSPS) is 11.6. The van der Waals surface area contributed by atoms with Crippen LogP contribution in [0.1, 0.15) is 24.0 Å². The minimum Gasteiger partial charge on any atom is -0.467 e. The molecule has 5 nitrogen and oxygen atoms in total. The Hall–Kier alpha value is -2.66. The van der Waals surface area contributed by atoms with E-state index in [-0.39, 0.29) is 5.91 Å². The third kappa shape index (κ3) is 7.07. The summed E-state index contributed by atoms with van der Waals surface area (Å²) in [6.45, 7) is 1.02. The molecule has 0 aliphatic heterocycles. The maximum Gasteiger partial charge on any atom is 0.328 e. The van der Waals surface area contributed by atoms with Crippen molar-refractivity contribution < 1.29 is 19.1 Å². The molecular formula is C21H25NO4. The van der Waals surface area contributed by atoms with E-state index in [1.807, 2.05) is 60.7 Å². The van der Waals surface area contributed by atoms with E-state index in [4.69, 9.17) is 9.47 Å². The maximum atomic E-state index is 12.1. The van der Waals surface area contributed by atoms with Crippen molar-refractivity contribution in [2.45, 2.75) is 31.9 Å². The van der Waals surface area contributed by atoms with Gasteiger partial charge in [0.25, 0.3) is 0 Å². The number of methoxy groups -OCH3 is 1. The van der Waals surface area contributed by atoms with Crippen LogP contribution in [0.4, 0.5) is 0 Å². The number of benzene rings is 2. The fraction of sp³-hybridized carbons (Fsp3) is 0.333. The van der Waals surface area contributed by atoms with E-state index < -0.39 is 12.0 Å². The van der Waals surface area contributed by atoms with Crippen LogP contribution in [0.2, 0.25) is 0 Å². The first kappa shape index (κ1) is 19.7. The van der Waals surface area contributed by atoms with Crippen molar-refractivity contribution in [3.63, 3.8) is 0 Å². The zero-order valence-corrected chi connectivity index (χ0v) is 15.0. The van der Waals surface area contributed by atoms with E-state index >= 15 is 0 Å². The van der Waals surface area contributed by atoms with Gasteiger partial charge < -0.3 is 14.8 Å². The Kier molecular flexibility index (Phi) is 8.36. The predicted molar refractivity (Wildman–Crippen MR) is 99.4 cm³/mol. The van der Waals surface area contributed by atoms with Crippen LogP contribution in [0, 0.1) is 0 Å². The topological polar surface area (TPSA) is 64.6 Å². The number of carbonyl (C=O) groups excluding carboxylic acids is 2. The van der Waals surface area contributed by atoms with Crippen LogP contribution < -0.4 is 5.32 Å². The summed E-state index contributed by atoms with van der Waals surface area (Å²) in [5.41, 5.74) is 2.07. The average molecular weight is 355 g/mol. The van der Waals surface area contributed by atoms with E-state index in [0.717, 1.165) is 11.1 Å². The van der Waals surface area contributed by atoms with Gasteiger partial charge in [-0.05, 0) is 17.5 Å². The van der Waals surface area contributed by atoms with E-state index in [2.05, 4.69) is 5.32 Å². The number of nitrogens with one attached hydrogen (secondary N) is 1. The van der Waals surface area contributed by atoms with E-state index in [9.17, 15) is 9.59 Å². The van der Waals surface area contributed by atoms with Crippen molar-refractivity contribution in [2.24, 2.45) is 0 Å². The van der Waals surface area contributed by atoms with Crippen molar-refractivity contribution in [3.05, 3.63) is 71.8 Å². The molecule has 0 aliphatic rings. The third-order valence-electron chi connectivity index (χ3n) is 3.91. The van der Waals surface area contributed by atoms with E-state index in [1.54, 1.807) is 0 Å². The highest BCUT2D eigenvalue weighted by atomic mass is 16.5. The Labute approximate surface area is 154 Å². The lowest BCUT2D eigenvalue weighted by Gasteiger charge is -2.16. The predicted octanol–water partition coefficient (Wildman–Crippen LogP) is 2.88. The Morgan fingerprint density at radius 1 is 0.962 bits per heavy atom. The number of esters is 1. The van der Waals surface area contributed by atoms with Crippen LogP contribution in [0.3, 0.4) is 0 Å². The van der Waals surface area contributed by atoms with Crippen LogP contribution in [0.25, 0.3) is 0 Å². The standard InChI is InChI=1S/C21H25NO4/c1-25-21(24)19(15-17-9-4-2-5-10-17)22-20(23)13-8-14-26-16-18-11-6-3-7-12-18/h2-7,9-12,19H,8,13-16H2,1H3,(H,22,23)/t19-/m1/s1. The van der Waals surface area contributed by atoms with Gasteiger partial charge in [0.2, 0.25) is 5.91 Å². The molecule has 0 unspecified atom stereocenters. The first-order valence-electron chi connectivity index (χ1n) is 8.72. The summed E-state index contributed by atoms with van der Waals surface area (Å²) in [4.78, 5) is 24.0. The Morgan fingerprint density at radius 2 is 1.58 bits per heavy atom. The molecule has 0 saturated carbocycles. The van der Waals surface area contributed by atoms with Crippen molar-refractivity contribution in [1.82, 2.24) is 5.32 Å². The number of hydrogen-bond acceptors (Lipinski definition) is 4. The molecule has 0 aliphatic carbocycles. The largest absolute Gasteiger partial charge is 0.467 e. The molecule has 2 rings (SSSR count). The van der Waals surface area contributed by atoms with Gasteiger partial charge in [0.05, 0.1) is 13.7 Å². The van der Waals surface area contributed by atoms with Gasteiger partial charge >= 0.3 is 5.97 Å². The summed E-state index contributed by atoms with van der Waals surface area (Å²) in [7, 11) is 1.32. The Bertz CT molecular complexity index is 673. The van der Waals surface area contributed by atoms with Crippen LogP contribution in [-0.4, -0.2) is 31.6 Å². The van der Waals surface area contributed by atoms with Gasteiger partial charge in [0.1, 0.15) is 6.04 Å². The molecule has 138 valence electrons. The number of rotatable bonds is 10. The molecule has 2 aromatic rings. The summed E-state index contributed by atoms with van der Waals surface area (Å²) in [5, 5.41) is 2.76. The highest BCUT2D eigenvalue weighted by molar-refractivity contribution is 5.84. The van der Waals surface area contributed by atoms with Gasteiger partial charge in [-0.1, -0.05) is 60.7 Å². The second-order valence-electron chi connectivity index (χ2n) is 5.97. The van der Waals surface area contributed by atoms with Crippen LogP contribution >= 0.6 is 0 Å². The molecule has 1 amide bonds. The first-order chi connectivity index (χ1) is 12.7. The fourth-order valence-electron chi connectivity index (χ4n) is 2.55. The van der Waals surface area contributed by atoms with E-state index in [1.165, 1.54) is 7.11 Å². The minimum absolute atomic E-state index is 0.181. The summed E-state index contributed by atoms with van der Waals surface area (Å²) >= 11 is 0. The monoisotopic (exact) mass is 355 g/mol. The molecule has 0 spiro atoms. The van der Waals surface area contributed by atoms with E-state index in [0.29, 0.717) is 32.5 Å². The molecule has 1 N–H and O–H groups in total. The van der Waals surface area contributed by atoms with Gasteiger partial charge in [0.15, 0.2) is 0 Å². The summed E-state index contributed by atoms with van der Waals surface area (Å²) < 4.78 is 10.4. The maximum absolute atomic E-state index is 12.1. The van der Waals surface area contributed by atoms with Gasteiger partial charge in [0, 0.05) is 19.4 Å². The smallest absolute Gasteiger partial charge is 0.328 e. The molecule has 5 heteroatoms. The average Bonchev–Trinajstić information content (AvgIpc) is 2.68. The van der Waals surface area contributed by atoms with Gasteiger partial charge in [-0.25, -0.2) is 4.79 Å². The fourth-order valence-corrected chi connectivity index (χ4v) is 2.55. The third-order valence-corrected chi connectivity index (χ3v) is 3.91. The highest BCUT2D eigenvalue weighted by Crippen LogP contribution is 2.06. The summed E-state index contributed by atoms with van der Waals surface area (Å²) in [5.74, 6) is -0.623. The number of amides is 1. The SMILES string of the molecule is COC(=O)[C@@H](Cc1ccccc1)NC(=O)CCCOCc1ccccc1. The zero-order valence-electron chi connectivity index (χ0n) is 15.0. The number of ether oxygens (including phenoxy) is 2. The molecule has 0 bridgehead atoms. The molecule has 0 fully saturated rings. The molecule has 2 aromatic carbocycles. The highest BCUT2D eigenvalue weighted by Gasteiger charge is 2.21. The molecule has 26 heavy (non-hydrogen) atoms. The molecule has 0 heterocycles. The Balaban J connectivity index is 1.71. The second-order valence-corrected chi connectivity index (χ2v) is 5.97. The summed E-state index contributed by atoms with van der Waals surface area (Å²) in [6.07, 6.45) is 1.30. The van der Waals surface area contributed by atoms with Gasteiger partial charge in [-0.3, -0.25) is 4.79 Å². The molecule has 1 atom stereocenters. The second kappa shape index (κ2) is 11.1. The van der Waals surface area contributed by atoms with Crippen LogP contribution in [-0.2, 0) is 32.1 Å². The quantitative estimate of drug-likeness (QED) is 0.526. The lowest BCUT2D eigenvalue weighted by molar-refractivity contribution is -0.145. The van der Waals surface area contributed by atoms with Crippen LogP contribution in [0.5, 0.6) is 0 Å². The number of hydrogen-bond donors (Lipinski definition) is 1. The zero-order chi connectivity index (χ0) is 18.6. The van der Waals surface area contributed by atoms with Crippen molar-refractivity contribution in [1.29, 1.82) is 0 Å². The minimum atomic E-state index is -0.680. The summed E-state index contributed by atoms with van der Waals surface area (Å²) in [6, 6.07) is 18.7. The Morgan fingerprint density at radius 3 is 2.19 bits per heavy atom. The van der Waals surface area contributed by atoms with Gasteiger partial charge in [-0.2, -0.15) is 0 Å². The van der Waals surface area contributed by atoms with Crippen molar-refractivity contribution >= 4 is 11.9 Å². The van der Waals surface area contributed by atoms with Crippen LogP contribution in [0.15, 0.2) is 60.7 Å². The lowest BCUT2D eigenvalue weighted by Crippen LogP contribution is -2.43. The number of carbonyl (C=O) groups is 2. The first-order valence-corrected chi connectivity index (χ1v) is 8.72. The molecule has 0 saturated heterocycles. The molecule has 0 radical (unpaired) electrons. The lowest BCUT2D eigenvalue weighted by atomic mass is 10.1. The van der Waals surface area contributed by atoms with Crippen molar-refractivity contribution in [3.8, 4) is 0 Å². The molecule has 0 aromatic heterocycles. The van der Waals surface area contributed by atoms with Crippen molar-refractivity contribution in [2.75, 3.05) is 13.7 Å².